The predicted octanol–water partition coefficient (Wildman–Crippen LogP) is 5.53. The van der Waals surface area contributed by atoms with E-state index in [4.69, 9.17) is 4.74 Å². The molecule has 0 atom stereocenters. The number of nitrogens with one attached hydrogen (secondary N) is 1. The summed E-state index contributed by atoms with van der Waals surface area (Å²) in [5.41, 5.74) is 2.35. The second kappa shape index (κ2) is 8.75. The summed E-state index contributed by atoms with van der Waals surface area (Å²) in [7, 11) is 0. The van der Waals surface area contributed by atoms with E-state index in [0.717, 1.165) is 5.56 Å². The summed E-state index contributed by atoms with van der Waals surface area (Å²) in [6.45, 7) is 2.09. The van der Waals surface area contributed by atoms with Gasteiger partial charge in [-0.3, -0.25) is 0 Å². The van der Waals surface area contributed by atoms with Crippen LogP contribution in [0.25, 0.3) is 10.9 Å². The number of aromatic nitrogens is 2. The highest BCUT2D eigenvalue weighted by atomic mass is 35.5. The molecule has 0 radical (unpaired) electrons. The van der Waals surface area contributed by atoms with Crippen LogP contribution in [-0.4, -0.2) is 15.1 Å². The number of rotatable bonds is 5. The lowest BCUT2D eigenvalue weighted by molar-refractivity contribution is 0.306. The number of aryl methyl sites for hydroxylation is 1. The van der Waals surface area contributed by atoms with E-state index in [1.54, 1.807) is 6.92 Å². The number of phenolic OH excluding ortho intramolecular Hbond substituents is 1. The van der Waals surface area contributed by atoms with Crippen molar-refractivity contribution in [2.75, 3.05) is 5.32 Å². The first-order chi connectivity index (χ1) is 13.6. The molecule has 148 valence electrons. The molecule has 0 spiro atoms. The fourth-order valence-electron chi connectivity index (χ4n) is 2.85. The monoisotopic (exact) mass is 411 g/mol. The second-order valence-electron chi connectivity index (χ2n) is 6.42. The van der Waals surface area contributed by atoms with Crippen LogP contribution in [0, 0.1) is 12.7 Å². The van der Waals surface area contributed by atoms with E-state index < -0.39 is 5.82 Å². The third-order valence-corrected chi connectivity index (χ3v) is 4.39. The van der Waals surface area contributed by atoms with E-state index in [2.05, 4.69) is 15.3 Å². The summed E-state index contributed by atoms with van der Waals surface area (Å²) in [6, 6.07) is 18.0. The maximum Gasteiger partial charge on any atom is 0.147 e. The maximum absolute atomic E-state index is 14.2. The molecule has 4 rings (SSSR count). The van der Waals surface area contributed by atoms with Crippen LogP contribution >= 0.6 is 12.4 Å². The van der Waals surface area contributed by atoms with Gasteiger partial charge in [0.25, 0.3) is 0 Å². The Morgan fingerprint density at radius 1 is 1.03 bits per heavy atom. The lowest BCUT2D eigenvalue weighted by atomic mass is 10.2. The smallest absolute Gasteiger partial charge is 0.147 e. The molecule has 0 saturated carbocycles. The molecule has 29 heavy (non-hydrogen) atoms. The summed E-state index contributed by atoms with van der Waals surface area (Å²) in [4.78, 5) is 8.49. The van der Waals surface area contributed by atoms with Crippen LogP contribution < -0.4 is 10.1 Å². The second-order valence-corrected chi connectivity index (χ2v) is 6.42. The van der Waals surface area contributed by atoms with Gasteiger partial charge in [-0.2, -0.15) is 0 Å². The number of hydrogen-bond acceptors (Lipinski definition) is 5. The van der Waals surface area contributed by atoms with Crippen LogP contribution in [0.1, 0.15) is 11.1 Å². The Kier molecular flexibility index (Phi) is 6.14. The van der Waals surface area contributed by atoms with Crippen molar-refractivity contribution in [3.63, 3.8) is 0 Å². The molecular weight excluding hydrogens is 393 g/mol. The lowest BCUT2D eigenvalue weighted by Gasteiger charge is -2.12. The highest BCUT2D eigenvalue weighted by Crippen LogP contribution is 2.30. The highest BCUT2D eigenvalue weighted by Gasteiger charge is 2.11. The Balaban J connectivity index is 0.00000240. The van der Waals surface area contributed by atoms with Crippen molar-refractivity contribution >= 4 is 34.8 Å². The Bertz CT molecular complexity index is 1140. The number of hydrogen-bond donors (Lipinski definition) is 2. The van der Waals surface area contributed by atoms with Crippen LogP contribution in [0.5, 0.6) is 11.5 Å². The van der Waals surface area contributed by atoms with Crippen molar-refractivity contribution in [1.82, 2.24) is 9.97 Å². The van der Waals surface area contributed by atoms with Gasteiger partial charge < -0.3 is 15.2 Å². The van der Waals surface area contributed by atoms with Gasteiger partial charge in [-0.25, -0.2) is 14.4 Å². The molecular formula is C22H19ClFN3O2. The third kappa shape index (κ3) is 4.55. The molecule has 4 aromatic rings. The normalized spacial score (nSPS) is 10.4. The first kappa shape index (κ1) is 20.4. The summed E-state index contributed by atoms with van der Waals surface area (Å²) in [5, 5.41) is 13.5. The first-order valence-electron chi connectivity index (χ1n) is 8.78. The van der Waals surface area contributed by atoms with Crippen LogP contribution in [-0.2, 0) is 6.61 Å². The molecule has 5 nitrogen and oxygen atoms in total. The van der Waals surface area contributed by atoms with Gasteiger partial charge in [-0.05, 0) is 36.2 Å². The minimum absolute atomic E-state index is 0. The number of benzene rings is 3. The van der Waals surface area contributed by atoms with Gasteiger partial charge in [0.2, 0.25) is 0 Å². The van der Waals surface area contributed by atoms with Crippen LogP contribution in [0.2, 0.25) is 0 Å². The lowest BCUT2D eigenvalue weighted by Crippen LogP contribution is -1.99. The van der Waals surface area contributed by atoms with E-state index in [9.17, 15) is 9.50 Å². The van der Waals surface area contributed by atoms with Gasteiger partial charge in [0, 0.05) is 17.5 Å². The van der Waals surface area contributed by atoms with Crippen LogP contribution in [0.3, 0.4) is 0 Å². The summed E-state index contributed by atoms with van der Waals surface area (Å²) in [5.74, 6) is 0.672. The van der Waals surface area contributed by atoms with E-state index in [0.29, 0.717) is 34.6 Å². The zero-order valence-electron chi connectivity index (χ0n) is 15.6. The third-order valence-electron chi connectivity index (χ3n) is 4.39. The molecule has 0 unspecified atom stereocenters. The number of nitrogens with zero attached hydrogens (tertiary/aromatic N) is 2. The molecule has 0 amide bonds. The number of halogens is 2. The number of ether oxygens (including phenoxy) is 1. The molecule has 0 aliphatic carbocycles. The Morgan fingerprint density at radius 3 is 2.62 bits per heavy atom. The van der Waals surface area contributed by atoms with Gasteiger partial charge >= 0.3 is 0 Å². The van der Waals surface area contributed by atoms with E-state index in [-0.39, 0.29) is 23.8 Å². The summed E-state index contributed by atoms with van der Waals surface area (Å²) >= 11 is 0. The molecule has 0 fully saturated rings. The average molecular weight is 412 g/mol. The van der Waals surface area contributed by atoms with Gasteiger partial charge in [-0.15, -0.1) is 12.4 Å². The quantitative estimate of drug-likeness (QED) is 0.452. The number of anilines is 2. The average Bonchev–Trinajstić information content (AvgIpc) is 2.71. The Hall–Kier alpha value is -3.38. The first-order valence-corrected chi connectivity index (χ1v) is 8.78. The minimum atomic E-state index is -0.468. The van der Waals surface area contributed by atoms with E-state index >= 15 is 0 Å². The Labute approximate surface area is 173 Å². The highest BCUT2D eigenvalue weighted by molar-refractivity contribution is 5.91. The molecule has 2 N–H and O–H groups in total. The molecule has 1 heterocycles. The molecule has 7 heteroatoms. The fraction of sp³-hybridized carbons (Fsp3) is 0.0909. The largest absolute Gasteiger partial charge is 0.508 e. The summed E-state index contributed by atoms with van der Waals surface area (Å²) in [6.07, 6.45) is 1.40. The van der Waals surface area contributed by atoms with Crippen LogP contribution in [0.15, 0.2) is 67.0 Å². The van der Waals surface area contributed by atoms with E-state index in [1.807, 2.05) is 48.5 Å². The predicted molar refractivity (Wildman–Crippen MR) is 114 cm³/mol. The van der Waals surface area contributed by atoms with Crippen molar-refractivity contribution in [2.24, 2.45) is 0 Å². The standard InChI is InChI=1S/C22H18FN3O2.ClH/c1-14-9-18(23)20(11-21(14)27)26-22-17-8-7-16(10-19(17)24-13-25-22)28-12-15-5-3-2-4-6-15;/h2-11,13,27H,12H2,1H3,(H,24,25,26);1H. The maximum atomic E-state index is 14.2. The topological polar surface area (TPSA) is 67.3 Å². The minimum Gasteiger partial charge on any atom is -0.508 e. The number of fused-ring (bicyclic) bond motifs is 1. The number of aromatic hydroxyl groups is 1. The van der Waals surface area contributed by atoms with Crippen molar-refractivity contribution in [1.29, 1.82) is 0 Å². The zero-order chi connectivity index (χ0) is 19.5. The molecule has 3 aromatic carbocycles. The molecule has 0 saturated heterocycles. The van der Waals surface area contributed by atoms with Gasteiger partial charge in [0.1, 0.15) is 36.1 Å². The zero-order valence-corrected chi connectivity index (χ0v) is 16.4. The molecule has 0 aliphatic rings. The fourth-order valence-corrected chi connectivity index (χ4v) is 2.85. The van der Waals surface area contributed by atoms with Crippen molar-refractivity contribution < 1.29 is 14.2 Å². The van der Waals surface area contributed by atoms with Crippen molar-refractivity contribution in [3.05, 3.63) is 83.9 Å². The number of phenols is 1. The van der Waals surface area contributed by atoms with Crippen molar-refractivity contribution in [2.45, 2.75) is 13.5 Å². The van der Waals surface area contributed by atoms with Crippen molar-refractivity contribution in [3.8, 4) is 11.5 Å². The molecule has 0 aliphatic heterocycles. The van der Waals surface area contributed by atoms with Gasteiger partial charge in [-0.1, -0.05) is 30.3 Å². The van der Waals surface area contributed by atoms with Gasteiger partial charge in [0.05, 0.1) is 11.2 Å². The van der Waals surface area contributed by atoms with Gasteiger partial charge in [0.15, 0.2) is 0 Å². The molecule has 0 bridgehead atoms. The SMILES string of the molecule is Cc1cc(F)c(Nc2ncnc3cc(OCc4ccccc4)ccc23)cc1O.Cl. The molecule has 1 aromatic heterocycles. The summed E-state index contributed by atoms with van der Waals surface area (Å²) < 4.78 is 20.0. The van der Waals surface area contributed by atoms with Crippen LogP contribution in [0.4, 0.5) is 15.9 Å². The van der Waals surface area contributed by atoms with E-state index in [1.165, 1.54) is 18.5 Å². The Morgan fingerprint density at radius 2 is 1.83 bits per heavy atom.